The quantitative estimate of drug-likeness (QED) is 0.801. The zero-order valence-corrected chi connectivity index (χ0v) is 15.1. The Labute approximate surface area is 152 Å². The summed E-state index contributed by atoms with van der Waals surface area (Å²) in [5, 5.41) is 10.4. The van der Waals surface area contributed by atoms with Crippen molar-refractivity contribution in [2.24, 2.45) is 7.05 Å². The summed E-state index contributed by atoms with van der Waals surface area (Å²) in [6, 6.07) is 1.88. The van der Waals surface area contributed by atoms with Crippen LogP contribution in [0.25, 0.3) is 0 Å². The first-order valence-corrected chi connectivity index (χ1v) is 9.06. The Hall–Kier alpha value is -2.17. The molecule has 0 unspecified atom stereocenters. The summed E-state index contributed by atoms with van der Waals surface area (Å²) in [6.45, 7) is 2.04. The highest BCUT2D eigenvalue weighted by molar-refractivity contribution is 7.15. The highest BCUT2D eigenvalue weighted by Gasteiger charge is 2.36. The number of anilines is 1. The SMILES string of the molecule is Cn1ccc(CCC(=O)N2CCCN(c3nnc(C(F)(F)F)s3)CC2)n1. The molecule has 3 heterocycles. The summed E-state index contributed by atoms with van der Waals surface area (Å²) in [6.07, 6.45) is -1.02. The largest absolute Gasteiger partial charge is 0.445 e. The van der Waals surface area contributed by atoms with Gasteiger partial charge in [-0.25, -0.2) is 0 Å². The number of alkyl halides is 3. The van der Waals surface area contributed by atoms with Crippen LogP contribution in [0.4, 0.5) is 18.3 Å². The van der Waals surface area contributed by atoms with Crippen LogP contribution in [0.3, 0.4) is 0 Å². The zero-order chi connectivity index (χ0) is 18.7. The summed E-state index contributed by atoms with van der Waals surface area (Å²) < 4.78 is 39.7. The summed E-state index contributed by atoms with van der Waals surface area (Å²) in [5.41, 5.74) is 0.867. The number of rotatable bonds is 4. The van der Waals surface area contributed by atoms with Crippen molar-refractivity contribution >= 4 is 22.4 Å². The van der Waals surface area contributed by atoms with Crippen LogP contribution in [0.2, 0.25) is 0 Å². The zero-order valence-electron chi connectivity index (χ0n) is 14.2. The van der Waals surface area contributed by atoms with Crippen LogP contribution in [-0.2, 0) is 24.4 Å². The molecule has 1 amide bonds. The van der Waals surface area contributed by atoms with Gasteiger partial charge in [-0.15, -0.1) is 10.2 Å². The molecule has 2 aromatic rings. The number of hydrogen-bond donors (Lipinski definition) is 0. The molecule has 0 N–H and O–H groups in total. The number of carbonyl (C=O) groups is 1. The van der Waals surface area contributed by atoms with E-state index >= 15 is 0 Å². The lowest BCUT2D eigenvalue weighted by molar-refractivity contribution is -0.138. The Morgan fingerprint density at radius 1 is 1.23 bits per heavy atom. The molecule has 0 saturated carbocycles. The van der Waals surface area contributed by atoms with Crippen LogP contribution in [0.1, 0.15) is 23.5 Å². The van der Waals surface area contributed by atoms with Crippen molar-refractivity contribution in [2.75, 3.05) is 31.1 Å². The van der Waals surface area contributed by atoms with Gasteiger partial charge in [0.1, 0.15) is 0 Å². The van der Waals surface area contributed by atoms with Crippen molar-refractivity contribution in [1.82, 2.24) is 24.9 Å². The van der Waals surface area contributed by atoms with E-state index in [1.165, 1.54) is 0 Å². The predicted molar refractivity (Wildman–Crippen MR) is 89.9 cm³/mol. The molecular formula is C15H19F3N6OS. The smallest absolute Gasteiger partial charge is 0.345 e. The molecule has 26 heavy (non-hydrogen) atoms. The molecule has 142 valence electrons. The Bertz CT molecular complexity index is 759. The molecule has 0 radical (unpaired) electrons. The number of aromatic nitrogens is 4. The average molecular weight is 388 g/mol. The van der Waals surface area contributed by atoms with E-state index in [1.807, 2.05) is 19.3 Å². The van der Waals surface area contributed by atoms with E-state index in [1.54, 1.807) is 14.5 Å². The van der Waals surface area contributed by atoms with Crippen molar-refractivity contribution in [1.29, 1.82) is 0 Å². The van der Waals surface area contributed by atoms with Gasteiger partial charge in [-0.2, -0.15) is 18.3 Å². The van der Waals surface area contributed by atoms with E-state index in [0.29, 0.717) is 56.8 Å². The number of carbonyl (C=O) groups excluding carboxylic acids is 1. The van der Waals surface area contributed by atoms with Crippen LogP contribution >= 0.6 is 11.3 Å². The molecule has 0 aliphatic carbocycles. The van der Waals surface area contributed by atoms with E-state index < -0.39 is 11.2 Å². The highest BCUT2D eigenvalue weighted by Crippen LogP contribution is 2.34. The van der Waals surface area contributed by atoms with Crippen molar-refractivity contribution in [2.45, 2.75) is 25.4 Å². The molecule has 1 aliphatic rings. The third-order valence-electron chi connectivity index (χ3n) is 4.14. The fourth-order valence-electron chi connectivity index (χ4n) is 2.81. The molecule has 0 aromatic carbocycles. The second-order valence-corrected chi connectivity index (χ2v) is 7.05. The standard InChI is InChI=1S/C15H19F3N6OS/c1-22-8-5-11(21-22)3-4-12(25)23-6-2-7-24(10-9-23)14-20-19-13(26-14)15(16,17)18/h5,8H,2-4,6-7,9-10H2,1H3. The number of amides is 1. The van der Waals surface area contributed by atoms with Gasteiger partial charge in [-0.3, -0.25) is 9.48 Å². The second-order valence-electron chi connectivity index (χ2n) is 6.09. The first-order chi connectivity index (χ1) is 12.3. The predicted octanol–water partition coefficient (Wildman–Crippen LogP) is 1.96. The fourth-order valence-corrected chi connectivity index (χ4v) is 3.57. The minimum absolute atomic E-state index is 0.0331. The highest BCUT2D eigenvalue weighted by atomic mass is 32.1. The van der Waals surface area contributed by atoms with E-state index in [2.05, 4.69) is 15.3 Å². The normalized spacial score (nSPS) is 16.0. The maximum atomic E-state index is 12.7. The molecular weight excluding hydrogens is 369 g/mol. The lowest BCUT2D eigenvalue weighted by atomic mass is 10.2. The van der Waals surface area contributed by atoms with E-state index in [4.69, 9.17) is 0 Å². The van der Waals surface area contributed by atoms with Crippen LogP contribution in [0.15, 0.2) is 12.3 Å². The Morgan fingerprint density at radius 2 is 2.04 bits per heavy atom. The van der Waals surface area contributed by atoms with Gasteiger partial charge in [0.15, 0.2) is 0 Å². The fraction of sp³-hybridized carbons (Fsp3) is 0.600. The molecule has 1 fully saturated rings. The maximum absolute atomic E-state index is 12.7. The third-order valence-corrected chi connectivity index (χ3v) is 5.17. The van der Waals surface area contributed by atoms with Crippen LogP contribution in [0.5, 0.6) is 0 Å². The number of hydrogen-bond acceptors (Lipinski definition) is 6. The van der Waals surface area contributed by atoms with Gasteiger partial charge < -0.3 is 9.80 Å². The Balaban J connectivity index is 1.54. The van der Waals surface area contributed by atoms with E-state index in [-0.39, 0.29) is 11.0 Å². The van der Waals surface area contributed by atoms with Gasteiger partial charge in [0.25, 0.3) is 0 Å². The molecule has 3 rings (SSSR count). The van der Waals surface area contributed by atoms with Crippen molar-refractivity contribution in [3.8, 4) is 0 Å². The van der Waals surface area contributed by atoms with Crippen LogP contribution < -0.4 is 4.90 Å². The molecule has 0 bridgehead atoms. The topological polar surface area (TPSA) is 67.2 Å². The molecule has 1 aliphatic heterocycles. The molecule has 0 atom stereocenters. The summed E-state index contributed by atoms with van der Waals surface area (Å²) >= 11 is 0.540. The number of nitrogens with zero attached hydrogens (tertiary/aromatic N) is 6. The minimum atomic E-state index is -4.48. The Morgan fingerprint density at radius 3 is 2.69 bits per heavy atom. The summed E-state index contributed by atoms with van der Waals surface area (Å²) in [5.74, 6) is 0.0331. The van der Waals surface area contributed by atoms with Crippen molar-refractivity contribution in [3.63, 3.8) is 0 Å². The van der Waals surface area contributed by atoms with Crippen LogP contribution in [0, 0.1) is 0 Å². The first kappa shape index (κ1) is 18.6. The maximum Gasteiger partial charge on any atom is 0.445 e. The van der Waals surface area contributed by atoms with Crippen molar-refractivity contribution in [3.05, 3.63) is 23.0 Å². The summed E-state index contributed by atoms with van der Waals surface area (Å²) in [4.78, 5) is 15.9. The average Bonchev–Trinajstić information content (AvgIpc) is 3.16. The van der Waals surface area contributed by atoms with Gasteiger partial charge in [0.2, 0.25) is 16.0 Å². The molecule has 11 heteroatoms. The summed E-state index contributed by atoms with van der Waals surface area (Å²) in [7, 11) is 1.83. The van der Waals surface area contributed by atoms with Crippen molar-refractivity contribution < 1.29 is 18.0 Å². The van der Waals surface area contributed by atoms with Gasteiger partial charge in [0.05, 0.1) is 5.69 Å². The lowest BCUT2D eigenvalue weighted by Crippen LogP contribution is -2.35. The van der Waals surface area contributed by atoms with Crippen LogP contribution in [-0.4, -0.2) is 57.0 Å². The first-order valence-electron chi connectivity index (χ1n) is 8.25. The second kappa shape index (κ2) is 7.60. The molecule has 2 aromatic heterocycles. The molecule has 0 spiro atoms. The lowest BCUT2D eigenvalue weighted by Gasteiger charge is -2.21. The third kappa shape index (κ3) is 4.51. The Kier molecular flexibility index (Phi) is 5.44. The molecule has 7 nitrogen and oxygen atoms in total. The number of aryl methyl sites for hydroxylation is 2. The van der Waals surface area contributed by atoms with Gasteiger partial charge >= 0.3 is 6.18 Å². The van der Waals surface area contributed by atoms with Gasteiger partial charge in [0, 0.05) is 52.3 Å². The van der Waals surface area contributed by atoms with Gasteiger partial charge in [-0.05, 0) is 12.5 Å². The minimum Gasteiger partial charge on any atom is -0.345 e. The monoisotopic (exact) mass is 388 g/mol. The molecule has 1 saturated heterocycles. The van der Waals surface area contributed by atoms with E-state index in [0.717, 1.165) is 5.69 Å². The number of halogens is 3. The van der Waals surface area contributed by atoms with E-state index in [9.17, 15) is 18.0 Å². The van der Waals surface area contributed by atoms with Gasteiger partial charge in [-0.1, -0.05) is 11.3 Å².